The average molecular weight is 323 g/mol. The quantitative estimate of drug-likeness (QED) is 0.589. The van der Waals surface area contributed by atoms with Gasteiger partial charge in [0.05, 0.1) is 7.11 Å². The summed E-state index contributed by atoms with van der Waals surface area (Å²) >= 11 is 0. The normalized spacial score (nSPS) is 11.9. The molecule has 0 spiro atoms. The van der Waals surface area contributed by atoms with Crippen molar-refractivity contribution >= 4 is 17.7 Å². The number of nitrogens with one attached hydrogen (secondary N) is 1. The number of methoxy groups -OCH3 is 1. The number of hydrogen-bond donors (Lipinski definition) is 1. The van der Waals surface area contributed by atoms with E-state index in [4.69, 9.17) is 0 Å². The van der Waals surface area contributed by atoms with Crippen LogP contribution < -0.4 is 5.32 Å². The zero-order valence-corrected chi connectivity index (χ0v) is 13.6. The van der Waals surface area contributed by atoms with E-state index in [9.17, 15) is 18.8 Å². The Morgan fingerprint density at radius 2 is 1.74 bits per heavy atom. The number of hydrogen-bond acceptors (Lipinski definition) is 4. The van der Waals surface area contributed by atoms with Gasteiger partial charge in [-0.05, 0) is 36.6 Å². The summed E-state index contributed by atoms with van der Waals surface area (Å²) < 4.78 is 17.5. The first-order valence-corrected chi connectivity index (χ1v) is 7.49. The van der Waals surface area contributed by atoms with E-state index < -0.39 is 23.7 Å². The zero-order chi connectivity index (χ0) is 17.4. The van der Waals surface area contributed by atoms with Crippen molar-refractivity contribution in [3.8, 4) is 0 Å². The molecule has 0 aromatic heterocycles. The molecule has 1 atom stereocenters. The average Bonchev–Trinajstić information content (AvgIpc) is 2.51. The number of amides is 1. The first-order valence-electron chi connectivity index (χ1n) is 7.49. The maximum atomic E-state index is 12.8. The molecule has 0 heterocycles. The van der Waals surface area contributed by atoms with Crippen LogP contribution in [0.3, 0.4) is 0 Å². The van der Waals surface area contributed by atoms with E-state index in [1.54, 1.807) is 0 Å². The molecule has 0 radical (unpaired) electrons. The van der Waals surface area contributed by atoms with Gasteiger partial charge in [-0.2, -0.15) is 0 Å². The third kappa shape index (κ3) is 6.59. The van der Waals surface area contributed by atoms with Crippen LogP contribution in [0.1, 0.15) is 43.5 Å². The Kier molecular flexibility index (Phi) is 7.38. The fraction of sp³-hybridized carbons (Fsp3) is 0.471. The van der Waals surface area contributed by atoms with E-state index in [-0.39, 0.29) is 24.5 Å². The Hall–Kier alpha value is -2.24. The van der Waals surface area contributed by atoms with Gasteiger partial charge in [0.1, 0.15) is 11.9 Å². The van der Waals surface area contributed by atoms with Crippen molar-refractivity contribution in [2.45, 2.75) is 39.2 Å². The second-order valence-corrected chi connectivity index (χ2v) is 5.70. The molecule has 1 aromatic rings. The third-order valence-corrected chi connectivity index (χ3v) is 3.27. The lowest BCUT2D eigenvalue weighted by atomic mass is 10.0. The molecule has 1 aromatic carbocycles. The summed E-state index contributed by atoms with van der Waals surface area (Å²) in [7, 11) is 1.26. The Labute approximate surface area is 135 Å². The van der Waals surface area contributed by atoms with E-state index >= 15 is 0 Å². The van der Waals surface area contributed by atoms with Gasteiger partial charge in [0, 0.05) is 18.4 Å². The fourth-order valence-electron chi connectivity index (χ4n) is 2.10. The maximum Gasteiger partial charge on any atom is 0.328 e. The minimum Gasteiger partial charge on any atom is -0.467 e. The van der Waals surface area contributed by atoms with Crippen LogP contribution in [0.4, 0.5) is 4.39 Å². The van der Waals surface area contributed by atoms with E-state index in [0.717, 1.165) is 0 Å². The van der Waals surface area contributed by atoms with Crippen LogP contribution in [0.15, 0.2) is 24.3 Å². The van der Waals surface area contributed by atoms with Crippen molar-refractivity contribution in [3.05, 3.63) is 35.6 Å². The molecule has 1 amide bonds. The van der Waals surface area contributed by atoms with Crippen LogP contribution in [0.5, 0.6) is 0 Å². The number of benzene rings is 1. The van der Waals surface area contributed by atoms with Crippen LogP contribution in [0, 0.1) is 11.7 Å². The molecule has 0 unspecified atom stereocenters. The Morgan fingerprint density at radius 1 is 1.13 bits per heavy atom. The molecule has 0 bridgehead atoms. The van der Waals surface area contributed by atoms with Gasteiger partial charge in [-0.25, -0.2) is 9.18 Å². The van der Waals surface area contributed by atoms with Gasteiger partial charge in [-0.1, -0.05) is 13.8 Å². The van der Waals surface area contributed by atoms with Crippen molar-refractivity contribution in [2.75, 3.05) is 7.11 Å². The molecule has 0 saturated carbocycles. The number of ketones is 1. The molecule has 6 heteroatoms. The topological polar surface area (TPSA) is 72.5 Å². The highest BCUT2D eigenvalue weighted by Crippen LogP contribution is 2.09. The number of carbonyl (C=O) groups is 3. The van der Waals surface area contributed by atoms with Crippen molar-refractivity contribution in [2.24, 2.45) is 5.92 Å². The Balaban J connectivity index is 2.52. The molecule has 0 aliphatic carbocycles. The van der Waals surface area contributed by atoms with Crippen molar-refractivity contribution in [1.82, 2.24) is 5.32 Å². The number of Topliss-reactive ketones (excluding diaryl/α,β-unsaturated/α-hetero) is 1. The summed E-state index contributed by atoms with van der Waals surface area (Å²) in [4.78, 5) is 35.5. The first kappa shape index (κ1) is 18.8. The highest BCUT2D eigenvalue weighted by molar-refractivity contribution is 5.98. The summed E-state index contributed by atoms with van der Waals surface area (Å²) in [5.41, 5.74) is 0.353. The largest absolute Gasteiger partial charge is 0.467 e. The number of ether oxygens (including phenoxy) is 1. The molecule has 126 valence electrons. The Morgan fingerprint density at radius 3 is 2.26 bits per heavy atom. The molecule has 0 aliphatic heterocycles. The second-order valence-electron chi connectivity index (χ2n) is 5.70. The molecule has 0 fully saturated rings. The molecule has 1 N–H and O–H groups in total. The number of rotatable bonds is 8. The third-order valence-electron chi connectivity index (χ3n) is 3.27. The number of halogens is 1. The lowest BCUT2D eigenvalue weighted by molar-refractivity contribution is -0.145. The molecule has 0 aliphatic rings. The van der Waals surface area contributed by atoms with E-state index in [1.165, 1.54) is 31.4 Å². The lowest BCUT2D eigenvalue weighted by Gasteiger charge is -2.18. The van der Waals surface area contributed by atoms with Gasteiger partial charge >= 0.3 is 5.97 Å². The van der Waals surface area contributed by atoms with Crippen LogP contribution in [0.25, 0.3) is 0 Å². The summed E-state index contributed by atoms with van der Waals surface area (Å²) in [5, 5.41) is 2.59. The molecule has 23 heavy (non-hydrogen) atoms. The minimum atomic E-state index is -0.714. The smallest absolute Gasteiger partial charge is 0.328 e. The van der Waals surface area contributed by atoms with Gasteiger partial charge in [-0.15, -0.1) is 0 Å². The number of carbonyl (C=O) groups excluding carboxylic acids is 3. The fourth-order valence-corrected chi connectivity index (χ4v) is 2.10. The highest BCUT2D eigenvalue weighted by atomic mass is 19.1. The summed E-state index contributed by atoms with van der Waals surface area (Å²) in [6.45, 7) is 3.86. The summed E-state index contributed by atoms with van der Waals surface area (Å²) in [5.74, 6) is -1.36. The zero-order valence-electron chi connectivity index (χ0n) is 13.6. The predicted molar refractivity (Wildman–Crippen MR) is 83.4 cm³/mol. The van der Waals surface area contributed by atoms with Crippen molar-refractivity contribution in [3.63, 3.8) is 0 Å². The summed E-state index contributed by atoms with van der Waals surface area (Å²) in [6.07, 6.45) is 0.416. The molecule has 1 rings (SSSR count). The van der Waals surface area contributed by atoms with Crippen LogP contribution in [-0.4, -0.2) is 30.8 Å². The molecule has 5 nitrogen and oxygen atoms in total. The first-order chi connectivity index (χ1) is 10.8. The van der Waals surface area contributed by atoms with Crippen LogP contribution in [-0.2, 0) is 14.3 Å². The van der Waals surface area contributed by atoms with Gasteiger partial charge < -0.3 is 10.1 Å². The van der Waals surface area contributed by atoms with Gasteiger partial charge in [-0.3, -0.25) is 9.59 Å². The minimum absolute atomic E-state index is 0.00691. The van der Waals surface area contributed by atoms with Gasteiger partial charge in [0.25, 0.3) is 0 Å². The van der Waals surface area contributed by atoms with Crippen LogP contribution >= 0.6 is 0 Å². The molecular formula is C17H22FNO4. The lowest BCUT2D eigenvalue weighted by Crippen LogP contribution is -2.42. The van der Waals surface area contributed by atoms with E-state index in [2.05, 4.69) is 10.1 Å². The highest BCUT2D eigenvalue weighted by Gasteiger charge is 2.22. The predicted octanol–water partition coefficient (Wildman–Crippen LogP) is 2.49. The standard InChI is InChI=1S/C17H22FNO4/c1-11(2)10-14(17(22)23-3)19-16(21)9-8-15(20)12-4-6-13(18)7-5-12/h4-7,11,14H,8-10H2,1-3H3,(H,19,21)/t14-/m0/s1. The number of esters is 1. The van der Waals surface area contributed by atoms with E-state index in [0.29, 0.717) is 12.0 Å². The monoisotopic (exact) mass is 323 g/mol. The van der Waals surface area contributed by atoms with Gasteiger partial charge in [0.15, 0.2) is 5.78 Å². The second kappa shape index (κ2) is 9.02. The van der Waals surface area contributed by atoms with Crippen molar-refractivity contribution < 1.29 is 23.5 Å². The molecular weight excluding hydrogens is 301 g/mol. The Bertz CT molecular complexity index is 554. The maximum absolute atomic E-state index is 12.8. The van der Waals surface area contributed by atoms with Gasteiger partial charge in [0.2, 0.25) is 5.91 Å². The summed E-state index contributed by atoms with van der Waals surface area (Å²) in [6, 6.07) is 4.44. The van der Waals surface area contributed by atoms with E-state index in [1.807, 2.05) is 13.8 Å². The van der Waals surface area contributed by atoms with Crippen LogP contribution in [0.2, 0.25) is 0 Å². The van der Waals surface area contributed by atoms with Crippen molar-refractivity contribution in [1.29, 1.82) is 0 Å². The molecule has 0 saturated heterocycles. The SMILES string of the molecule is COC(=O)[C@H](CC(C)C)NC(=O)CCC(=O)c1ccc(F)cc1.